The maximum atomic E-state index is 12.5. The minimum atomic E-state index is -1.53. The maximum absolute atomic E-state index is 12.5. The second-order valence-corrected chi connectivity index (χ2v) is 7.47. The molecule has 2 heterocycles. The molecule has 0 aliphatic carbocycles. The van der Waals surface area contributed by atoms with Crippen molar-refractivity contribution in [3.8, 4) is 5.75 Å². The fourth-order valence-electron chi connectivity index (χ4n) is 3.61. The predicted octanol–water partition coefficient (Wildman–Crippen LogP) is -2.24. The molecule has 0 spiro atoms. The molecule has 1 aromatic carbocycles. The van der Waals surface area contributed by atoms with Crippen molar-refractivity contribution in [1.82, 2.24) is 15.1 Å². The number of benzene rings is 1. The van der Waals surface area contributed by atoms with Crippen molar-refractivity contribution in [3.63, 3.8) is 0 Å². The summed E-state index contributed by atoms with van der Waals surface area (Å²) in [5, 5.41) is 21.9. The summed E-state index contributed by atoms with van der Waals surface area (Å²) in [5.74, 6) is -5.40. The first kappa shape index (κ1) is 23.2. The van der Waals surface area contributed by atoms with Gasteiger partial charge in [0.05, 0.1) is 24.0 Å². The number of imide groups is 1. The molecule has 3 rings (SSSR count). The molecule has 0 bridgehead atoms. The maximum Gasteiger partial charge on any atom is 0.547 e. The number of nitrogens with zero attached hydrogens (tertiary/aromatic N) is 2. The average molecular weight is 446 g/mol. The van der Waals surface area contributed by atoms with E-state index < -0.39 is 55.1 Å². The van der Waals surface area contributed by atoms with E-state index in [4.69, 9.17) is 10.4 Å². The van der Waals surface area contributed by atoms with Crippen LogP contribution in [0.1, 0.15) is 29.3 Å². The molecule has 13 heteroatoms. The van der Waals surface area contributed by atoms with Crippen LogP contribution in [0.25, 0.3) is 0 Å². The summed E-state index contributed by atoms with van der Waals surface area (Å²) in [4.78, 5) is 62.4. The minimum absolute atomic E-state index is 0.0173. The molecule has 0 aromatic heterocycles. The lowest BCUT2D eigenvalue weighted by atomic mass is 9.72. The fourth-order valence-corrected chi connectivity index (χ4v) is 3.61. The van der Waals surface area contributed by atoms with Crippen molar-refractivity contribution in [2.24, 2.45) is 5.73 Å². The zero-order chi connectivity index (χ0) is 23.6. The van der Waals surface area contributed by atoms with E-state index >= 15 is 0 Å². The van der Waals surface area contributed by atoms with Crippen molar-refractivity contribution in [2.75, 3.05) is 19.6 Å². The molecule has 2 aliphatic heterocycles. The number of hydrogen-bond acceptors (Lipinski definition) is 8. The van der Waals surface area contributed by atoms with Crippen LogP contribution in [-0.4, -0.2) is 88.3 Å². The van der Waals surface area contributed by atoms with Gasteiger partial charge in [-0.2, -0.15) is 0 Å². The Labute approximate surface area is 183 Å². The average Bonchev–Trinajstić information content (AvgIpc) is 2.75. The summed E-state index contributed by atoms with van der Waals surface area (Å²) in [6, 6.07) is 3.12. The number of carboxylic acids is 1. The smallest absolute Gasteiger partial charge is 0.534 e. The Morgan fingerprint density at radius 3 is 2.66 bits per heavy atom. The van der Waals surface area contributed by atoms with Gasteiger partial charge in [-0.1, -0.05) is 12.1 Å². The Balaban J connectivity index is 1.61. The van der Waals surface area contributed by atoms with Gasteiger partial charge in [0.2, 0.25) is 11.8 Å². The Morgan fingerprint density at radius 2 is 2.00 bits per heavy atom. The Kier molecular flexibility index (Phi) is 6.79. The molecule has 12 nitrogen and oxygen atoms in total. The molecule has 2 aliphatic rings. The summed E-state index contributed by atoms with van der Waals surface area (Å²) in [6.07, 6.45) is -0.434. The predicted molar refractivity (Wildman–Crippen MR) is 109 cm³/mol. The SMILES string of the molecule is CCN1CCN(C(=O)CC(N)C(=O)NC2Cc3cccc(C(=O)O)c3OB2O)C(=O)C1=O. The molecule has 32 heavy (non-hydrogen) atoms. The standard InChI is InChI=1S/C19H23BN4O8/c1-2-23-6-7-24(18(28)17(23)27)14(25)9-12(21)16(26)22-13-8-10-4-3-5-11(19(29)30)15(10)32-20(13)31/h3-5,12-13,31H,2,6-9,21H2,1H3,(H,22,26)(H,29,30). The number of nitrogens with one attached hydrogen (secondary N) is 1. The van der Waals surface area contributed by atoms with Crippen LogP contribution in [0.15, 0.2) is 18.2 Å². The number of hydrogen-bond donors (Lipinski definition) is 4. The van der Waals surface area contributed by atoms with Gasteiger partial charge in [0.15, 0.2) is 0 Å². The van der Waals surface area contributed by atoms with Crippen LogP contribution in [-0.2, 0) is 25.6 Å². The normalized spacial score (nSPS) is 19.2. The Bertz CT molecular complexity index is 971. The van der Waals surface area contributed by atoms with Gasteiger partial charge in [-0.05, 0) is 25.0 Å². The van der Waals surface area contributed by atoms with Gasteiger partial charge in [-0.25, -0.2) is 4.79 Å². The summed E-state index contributed by atoms with van der Waals surface area (Å²) in [5.41, 5.74) is 6.17. The number of nitrogens with two attached hydrogens (primary N) is 1. The number of carboxylic acid groups (broad SMARTS) is 1. The summed E-state index contributed by atoms with van der Waals surface area (Å²) in [6.45, 7) is 2.28. The molecule has 2 unspecified atom stereocenters. The van der Waals surface area contributed by atoms with Crippen LogP contribution >= 0.6 is 0 Å². The topological polar surface area (TPSA) is 180 Å². The molecule has 170 valence electrons. The van der Waals surface area contributed by atoms with E-state index in [1.54, 1.807) is 13.0 Å². The number of rotatable bonds is 6. The third-order valence-corrected chi connectivity index (χ3v) is 5.40. The second-order valence-electron chi connectivity index (χ2n) is 7.47. The molecule has 2 atom stereocenters. The van der Waals surface area contributed by atoms with Crippen LogP contribution in [0.4, 0.5) is 0 Å². The van der Waals surface area contributed by atoms with E-state index in [0.29, 0.717) is 12.1 Å². The third kappa shape index (κ3) is 4.58. The van der Waals surface area contributed by atoms with Gasteiger partial charge in [0.1, 0.15) is 5.75 Å². The van der Waals surface area contributed by atoms with Crippen molar-refractivity contribution < 1.29 is 38.8 Å². The quantitative estimate of drug-likeness (QED) is 0.278. The van der Waals surface area contributed by atoms with Gasteiger partial charge in [0.25, 0.3) is 0 Å². The molecular weight excluding hydrogens is 423 g/mol. The third-order valence-electron chi connectivity index (χ3n) is 5.40. The molecule has 1 saturated heterocycles. The number of para-hydroxylation sites is 1. The highest BCUT2D eigenvalue weighted by atomic mass is 16.5. The molecule has 1 aromatic rings. The monoisotopic (exact) mass is 446 g/mol. The largest absolute Gasteiger partial charge is 0.547 e. The highest BCUT2D eigenvalue weighted by Gasteiger charge is 2.40. The number of amides is 4. The van der Waals surface area contributed by atoms with Crippen LogP contribution in [0.2, 0.25) is 0 Å². The molecular formula is C19H23BN4O8. The van der Waals surface area contributed by atoms with E-state index in [2.05, 4.69) is 5.32 Å². The van der Waals surface area contributed by atoms with E-state index in [1.807, 2.05) is 0 Å². The summed E-state index contributed by atoms with van der Waals surface area (Å²) in [7, 11) is -1.53. The van der Waals surface area contributed by atoms with E-state index in [1.165, 1.54) is 17.0 Å². The van der Waals surface area contributed by atoms with Gasteiger partial charge in [-0.3, -0.25) is 24.1 Å². The lowest BCUT2D eigenvalue weighted by molar-refractivity contribution is -0.161. The van der Waals surface area contributed by atoms with E-state index in [9.17, 15) is 34.1 Å². The molecule has 5 N–H and O–H groups in total. The van der Waals surface area contributed by atoms with Gasteiger partial charge in [-0.15, -0.1) is 0 Å². The first-order chi connectivity index (χ1) is 15.1. The van der Waals surface area contributed by atoms with Crippen LogP contribution in [0, 0.1) is 0 Å². The highest BCUT2D eigenvalue weighted by molar-refractivity contribution is 6.47. The Morgan fingerprint density at radius 1 is 1.28 bits per heavy atom. The molecule has 1 fully saturated rings. The molecule has 4 amide bonds. The highest BCUT2D eigenvalue weighted by Crippen LogP contribution is 2.30. The fraction of sp³-hybridized carbons (Fsp3) is 0.421. The van der Waals surface area contributed by atoms with Crippen LogP contribution < -0.4 is 15.7 Å². The molecule has 0 radical (unpaired) electrons. The number of fused-ring (bicyclic) bond motifs is 1. The first-order valence-corrected chi connectivity index (χ1v) is 10.0. The van der Waals surface area contributed by atoms with Crippen molar-refractivity contribution in [2.45, 2.75) is 31.7 Å². The number of piperazine rings is 1. The second kappa shape index (κ2) is 9.36. The number of aromatic carboxylic acids is 1. The van der Waals surface area contributed by atoms with Gasteiger partial charge >= 0.3 is 24.9 Å². The van der Waals surface area contributed by atoms with Crippen LogP contribution in [0.5, 0.6) is 5.75 Å². The lowest BCUT2D eigenvalue weighted by Gasteiger charge is -2.32. The van der Waals surface area contributed by atoms with Crippen molar-refractivity contribution in [1.29, 1.82) is 0 Å². The number of carbonyl (C=O) groups is 5. The number of likely N-dealkylation sites (N-methyl/N-ethyl adjacent to an activating group) is 1. The summed E-state index contributed by atoms with van der Waals surface area (Å²) >= 11 is 0. The lowest BCUT2D eigenvalue weighted by Crippen LogP contribution is -2.58. The van der Waals surface area contributed by atoms with E-state index in [-0.39, 0.29) is 30.8 Å². The molecule has 0 saturated carbocycles. The van der Waals surface area contributed by atoms with Gasteiger partial charge < -0.3 is 30.7 Å². The van der Waals surface area contributed by atoms with E-state index in [0.717, 1.165) is 4.90 Å². The van der Waals surface area contributed by atoms with Crippen LogP contribution in [0.3, 0.4) is 0 Å². The van der Waals surface area contributed by atoms with Crippen molar-refractivity contribution in [3.05, 3.63) is 29.3 Å². The van der Waals surface area contributed by atoms with Crippen molar-refractivity contribution >= 4 is 36.7 Å². The zero-order valence-corrected chi connectivity index (χ0v) is 17.3. The summed E-state index contributed by atoms with van der Waals surface area (Å²) < 4.78 is 5.30. The number of carbonyl (C=O) groups excluding carboxylic acids is 4. The Hall–Kier alpha value is -3.45. The first-order valence-electron chi connectivity index (χ1n) is 10.0. The zero-order valence-electron chi connectivity index (χ0n) is 17.3. The van der Waals surface area contributed by atoms with Gasteiger partial charge in [0, 0.05) is 19.6 Å². The minimum Gasteiger partial charge on any atom is -0.534 e.